The predicted octanol–water partition coefficient (Wildman–Crippen LogP) is -3.30. The van der Waals surface area contributed by atoms with Crippen LogP contribution in [0.5, 0.6) is 0 Å². The van der Waals surface area contributed by atoms with Gasteiger partial charge in [-0.05, 0) is 6.92 Å². The van der Waals surface area contributed by atoms with Crippen LogP contribution < -0.4 is 35.3 Å². The van der Waals surface area contributed by atoms with Crippen molar-refractivity contribution in [2.45, 2.75) is 25.5 Å². The van der Waals surface area contributed by atoms with Gasteiger partial charge in [0, 0.05) is 23.6 Å². The van der Waals surface area contributed by atoms with Crippen LogP contribution >= 0.6 is 11.8 Å². The van der Waals surface area contributed by atoms with Gasteiger partial charge in [0.25, 0.3) is 0 Å². The normalized spacial score (nSPS) is 26.7. The Balaban J connectivity index is 0.00000180. The van der Waals surface area contributed by atoms with E-state index in [1.165, 1.54) is 16.7 Å². The minimum atomic E-state index is -1.09. The number of rotatable bonds is 5. The summed E-state index contributed by atoms with van der Waals surface area (Å²) in [5.41, 5.74) is 5.47. The van der Waals surface area contributed by atoms with Crippen molar-refractivity contribution in [1.29, 1.82) is 0 Å². The zero-order chi connectivity index (χ0) is 13.4. The van der Waals surface area contributed by atoms with Gasteiger partial charge in [0.2, 0.25) is 5.91 Å². The molecule has 2 heterocycles. The van der Waals surface area contributed by atoms with Gasteiger partial charge in [-0.2, -0.15) is 0 Å². The SMILES string of the molecule is C[C@@H](O)[C@H]1C(=O)N2C(C(=O)O)=C(SCCN)C[C@H]12.[H-].[Na+]. The molecular weight excluding hydrogens is 279 g/mol. The molecule has 0 aromatic heterocycles. The standard InChI is InChI=1S/C11H16N2O4S.Na.H/c1-5(14)8-6-4-7(18-3-2-12)9(11(16)17)13(6)10(8)15;;/h5-6,8,14H,2-4,12H2,1H3,(H,16,17);;/q;+1;-1/t5-,6-,8-;;/m1../s1. The number of amides is 1. The largest absolute Gasteiger partial charge is 1.00 e. The van der Waals surface area contributed by atoms with Crippen LogP contribution in [0.1, 0.15) is 14.8 Å². The Bertz CT molecular complexity index is 433. The van der Waals surface area contributed by atoms with E-state index in [0.29, 0.717) is 23.6 Å². The van der Waals surface area contributed by atoms with Crippen LogP contribution in [0.4, 0.5) is 0 Å². The number of aliphatic hydroxyl groups is 1. The second-order valence-corrected chi connectivity index (χ2v) is 5.65. The molecule has 6 nitrogen and oxygen atoms in total. The summed E-state index contributed by atoms with van der Waals surface area (Å²) >= 11 is 1.38. The molecule has 0 spiro atoms. The molecule has 1 fully saturated rings. The number of aliphatic hydroxyl groups excluding tert-OH is 1. The molecule has 0 aromatic rings. The van der Waals surface area contributed by atoms with Crippen molar-refractivity contribution < 1.29 is 50.8 Å². The number of carbonyl (C=O) groups is 2. The molecule has 0 aromatic carbocycles. The molecule has 0 bridgehead atoms. The summed E-state index contributed by atoms with van der Waals surface area (Å²) in [6, 6.07) is -0.205. The van der Waals surface area contributed by atoms with Crippen LogP contribution in [0.15, 0.2) is 10.6 Å². The minimum Gasteiger partial charge on any atom is -1.00 e. The summed E-state index contributed by atoms with van der Waals surface area (Å²) in [7, 11) is 0. The van der Waals surface area contributed by atoms with Crippen LogP contribution in [0.3, 0.4) is 0 Å². The Hall–Kier alpha value is -0.0500. The van der Waals surface area contributed by atoms with Crippen molar-refractivity contribution in [2.24, 2.45) is 11.7 Å². The Morgan fingerprint density at radius 2 is 2.32 bits per heavy atom. The van der Waals surface area contributed by atoms with Gasteiger partial charge in [-0.1, -0.05) is 0 Å². The van der Waals surface area contributed by atoms with E-state index in [-0.39, 0.29) is 48.6 Å². The van der Waals surface area contributed by atoms with Crippen LogP contribution in [0.25, 0.3) is 0 Å². The third kappa shape index (κ3) is 2.86. The van der Waals surface area contributed by atoms with E-state index in [1.54, 1.807) is 6.92 Å². The number of hydrogen-bond donors (Lipinski definition) is 3. The molecule has 102 valence electrons. The fourth-order valence-corrected chi connectivity index (χ4v) is 3.52. The van der Waals surface area contributed by atoms with Crippen LogP contribution in [0.2, 0.25) is 0 Å². The molecule has 2 aliphatic rings. The topological polar surface area (TPSA) is 104 Å². The number of carboxylic acids is 1. The number of hydrogen-bond acceptors (Lipinski definition) is 5. The minimum absolute atomic E-state index is 0. The molecule has 1 saturated heterocycles. The summed E-state index contributed by atoms with van der Waals surface area (Å²) in [6.07, 6.45) is -0.235. The van der Waals surface area contributed by atoms with E-state index in [9.17, 15) is 19.8 Å². The second kappa shape index (κ2) is 6.60. The van der Waals surface area contributed by atoms with Gasteiger partial charge in [0.1, 0.15) is 5.70 Å². The van der Waals surface area contributed by atoms with Crippen molar-refractivity contribution in [3.8, 4) is 0 Å². The van der Waals surface area contributed by atoms with E-state index in [1.807, 2.05) is 0 Å². The first-order chi connectivity index (χ1) is 8.49. The van der Waals surface area contributed by atoms with Gasteiger partial charge < -0.3 is 22.3 Å². The van der Waals surface area contributed by atoms with E-state index < -0.39 is 18.0 Å². The first kappa shape index (κ1) is 17.0. The summed E-state index contributed by atoms with van der Waals surface area (Å²) in [4.78, 5) is 25.1. The van der Waals surface area contributed by atoms with Crippen LogP contribution in [-0.2, 0) is 9.59 Å². The summed E-state index contributed by atoms with van der Waals surface area (Å²) in [5, 5.41) is 18.7. The monoisotopic (exact) mass is 296 g/mol. The molecule has 1 amide bonds. The predicted molar refractivity (Wildman–Crippen MR) is 67.7 cm³/mol. The maximum absolute atomic E-state index is 11.9. The van der Waals surface area contributed by atoms with Crippen LogP contribution in [0, 0.1) is 5.92 Å². The van der Waals surface area contributed by atoms with Crippen molar-refractivity contribution in [3.63, 3.8) is 0 Å². The number of aliphatic carboxylic acids is 1. The van der Waals surface area contributed by atoms with E-state index in [4.69, 9.17) is 5.73 Å². The Morgan fingerprint density at radius 3 is 2.79 bits per heavy atom. The summed E-state index contributed by atoms with van der Waals surface area (Å²) < 4.78 is 0. The van der Waals surface area contributed by atoms with Gasteiger partial charge in [-0.3, -0.25) is 4.79 Å². The number of carbonyl (C=O) groups excluding carboxylic acids is 1. The van der Waals surface area contributed by atoms with E-state index >= 15 is 0 Å². The third-order valence-corrected chi connectivity index (χ3v) is 4.43. The Labute approximate surface area is 139 Å². The molecule has 0 aliphatic carbocycles. The maximum atomic E-state index is 11.9. The number of β-lactam (4-membered cyclic amide) rings is 1. The molecule has 0 radical (unpaired) electrons. The molecule has 0 unspecified atom stereocenters. The molecule has 0 saturated carbocycles. The number of thioether (sulfide) groups is 1. The van der Waals surface area contributed by atoms with Crippen molar-refractivity contribution in [2.75, 3.05) is 12.3 Å². The fraction of sp³-hybridized carbons (Fsp3) is 0.636. The molecule has 2 rings (SSSR count). The average molecular weight is 296 g/mol. The van der Waals surface area contributed by atoms with Crippen molar-refractivity contribution in [1.82, 2.24) is 4.90 Å². The maximum Gasteiger partial charge on any atom is 1.00 e. The molecular formula is C11H17N2NaO4S. The van der Waals surface area contributed by atoms with Gasteiger partial charge >= 0.3 is 35.5 Å². The zero-order valence-corrected chi connectivity index (χ0v) is 13.8. The second-order valence-electron chi connectivity index (χ2n) is 4.46. The van der Waals surface area contributed by atoms with Gasteiger partial charge in [-0.25, -0.2) is 4.79 Å². The van der Waals surface area contributed by atoms with Crippen LogP contribution in [-0.4, -0.2) is 51.4 Å². The van der Waals surface area contributed by atoms with E-state index in [2.05, 4.69) is 0 Å². The molecule has 3 atom stereocenters. The molecule has 4 N–H and O–H groups in total. The number of fused-ring (bicyclic) bond motifs is 1. The smallest absolute Gasteiger partial charge is 1.00 e. The van der Waals surface area contributed by atoms with Crippen molar-refractivity contribution in [3.05, 3.63) is 10.6 Å². The number of nitrogens with zero attached hydrogens (tertiary/aromatic N) is 1. The number of carboxylic acid groups (broad SMARTS) is 1. The Morgan fingerprint density at radius 1 is 1.68 bits per heavy atom. The van der Waals surface area contributed by atoms with Gasteiger partial charge in [0.15, 0.2) is 0 Å². The molecule has 2 aliphatic heterocycles. The summed E-state index contributed by atoms with van der Waals surface area (Å²) in [6.45, 7) is 2.02. The third-order valence-electron chi connectivity index (χ3n) is 3.28. The van der Waals surface area contributed by atoms with Crippen molar-refractivity contribution >= 4 is 23.6 Å². The fourth-order valence-electron chi connectivity index (χ4n) is 2.54. The van der Waals surface area contributed by atoms with Gasteiger partial charge in [0.05, 0.1) is 18.1 Å². The van der Waals surface area contributed by atoms with Gasteiger partial charge in [-0.15, -0.1) is 11.8 Å². The Kier molecular flexibility index (Phi) is 5.91. The first-order valence-electron chi connectivity index (χ1n) is 5.79. The summed E-state index contributed by atoms with van der Waals surface area (Å²) in [5.74, 6) is -1.24. The molecule has 19 heavy (non-hydrogen) atoms. The zero-order valence-electron chi connectivity index (χ0n) is 12.0. The molecule has 8 heteroatoms. The average Bonchev–Trinajstić information content (AvgIpc) is 2.60. The quantitative estimate of drug-likeness (QED) is 0.363. The number of nitrogens with two attached hydrogens (primary N) is 1. The van der Waals surface area contributed by atoms with E-state index in [0.717, 1.165) is 0 Å². The first-order valence-corrected chi connectivity index (χ1v) is 6.78.